The molecule has 0 aliphatic carbocycles. The molecular formula is C35H71NO2. The van der Waals surface area contributed by atoms with Crippen molar-refractivity contribution >= 4 is 5.97 Å². The van der Waals surface area contributed by atoms with Crippen molar-refractivity contribution in [3.63, 3.8) is 0 Å². The fraction of sp³-hybridized carbons (Fsp3) is 0.914. The summed E-state index contributed by atoms with van der Waals surface area (Å²) in [6.45, 7) is 5.81. The van der Waals surface area contributed by atoms with Gasteiger partial charge < -0.3 is 10.0 Å². The van der Waals surface area contributed by atoms with E-state index in [-0.39, 0.29) is 0 Å². The van der Waals surface area contributed by atoms with E-state index >= 15 is 0 Å². The number of hydrogen-bond donors (Lipinski definition) is 1. The van der Waals surface area contributed by atoms with E-state index in [0.717, 1.165) is 12.8 Å². The fourth-order valence-electron chi connectivity index (χ4n) is 4.79. The SMILES string of the molecule is CCCCCCCCC=CCCCCCCCC(=O)O.CCCCCCCCCCCCCCCN(C)C. The summed E-state index contributed by atoms with van der Waals surface area (Å²) in [4.78, 5) is 12.6. The van der Waals surface area contributed by atoms with E-state index in [2.05, 4.69) is 45.0 Å². The van der Waals surface area contributed by atoms with Gasteiger partial charge in [0.15, 0.2) is 0 Å². The molecule has 0 fully saturated rings. The molecule has 0 atom stereocenters. The molecule has 0 bridgehead atoms. The van der Waals surface area contributed by atoms with Crippen LogP contribution >= 0.6 is 0 Å². The summed E-state index contributed by atoms with van der Waals surface area (Å²) >= 11 is 0. The van der Waals surface area contributed by atoms with Crippen molar-refractivity contribution in [1.82, 2.24) is 4.90 Å². The smallest absolute Gasteiger partial charge is 0.303 e. The summed E-state index contributed by atoms with van der Waals surface area (Å²) in [5, 5.41) is 8.51. The second-order valence-corrected chi connectivity index (χ2v) is 11.8. The summed E-state index contributed by atoms with van der Waals surface area (Å²) < 4.78 is 0. The topological polar surface area (TPSA) is 40.5 Å². The highest BCUT2D eigenvalue weighted by molar-refractivity contribution is 5.66. The molecule has 3 nitrogen and oxygen atoms in total. The molecule has 0 radical (unpaired) electrons. The standard InChI is InChI=1S/C18H34O2.C17H37N/c1-2-3-4-5-6-7-8-9-10-11-12-13-14-15-16-17-18(19)20;1-4-5-6-7-8-9-10-11-12-13-14-15-16-17-18(2)3/h9-10H,2-8,11-17H2,1H3,(H,19,20);4-17H2,1-3H3. The molecule has 0 spiro atoms. The molecule has 0 heterocycles. The number of allylic oxidation sites excluding steroid dienone is 2. The molecule has 0 aromatic rings. The highest BCUT2D eigenvalue weighted by Gasteiger charge is 1.96. The number of unbranched alkanes of at least 4 members (excludes halogenated alkanes) is 23. The second kappa shape index (κ2) is 36.2. The molecule has 0 aliphatic heterocycles. The molecule has 0 saturated carbocycles. The lowest BCUT2D eigenvalue weighted by molar-refractivity contribution is -0.137. The summed E-state index contributed by atoms with van der Waals surface area (Å²) in [6, 6.07) is 0. The summed E-state index contributed by atoms with van der Waals surface area (Å²) in [5.74, 6) is -0.664. The monoisotopic (exact) mass is 538 g/mol. The van der Waals surface area contributed by atoms with Crippen LogP contribution in [0.2, 0.25) is 0 Å². The largest absolute Gasteiger partial charge is 0.481 e. The molecule has 0 unspecified atom stereocenters. The predicted molar refractivity (Wildman–Crippen MR) is 171 cm³/mol. The Kier molecular flexibility index (Phi) is 37.4. The van der Waals surface area contributed by atoms with Gasteiger partial charge in [-0.15, -0.1) is 0 Å². The minimum Gasteiger partial charge on any atom is -0.481 e. The second-order valence-electron chi connectivity index (χ2n) is 11.8. The van der Waals surface area contributed by atoms with Gasteiger partial charge in [-0.25, -0.2) is 0 Å². The number of carboxylic acid groups (broad SMARTS) is 1. The zero-order valence-electron chi connectivity index (χ0n) is 26.8. The predicted octanol–water partition coefficient (Wildman–Crippen LogP) is 11.7. The molecule has 0 rings (SSSR count). The van der Waals surface area contributed by atoms with E-state index in [4.69, 9.17) is 5.11 Å². The number of carbonyl (C=O) groups is 1. The Morgan fingerprint density at radius 3 is 1.16 bits per heavy atom. The Hall–Kier alpha value is -0.830. The average Bonchev–Trinajstić information content (AvgIpc) is 2.89. The van der Waals surface area contributed by atoms with Crippen molar-refractivity contribution < 1.29 is 9.90 Å². The Morgan fingerprint density at radius 2 is 0.816 bits per heavy atom. The number of nitrogens with zero attached hydrogens (tertiary/aromatic N) is 1. The summed E-state index contributed by atoms with van der Waals surface area (Å²) in [7, 11) is 4.33. The van der Waals surface area contributed by atoms with E-state index < -0.39 is 5.97 Å². The molecule has 1 N–H and O–H groups in total. The lowest BCUT2D eigenvalue weighted by Crippen LogP contribution is -2.12. The van der Waals surface area contributed by atoms with Crippen LogP contribution in [0.5, 0.6) is 0 Å². The molecule has 3 heteroatoms. The van der Waals surface area contributed by atoms with Gasteiger partial charge in [0.1, 0.15) is 0 Å². The minimum atomic E-state index is -0.664. The Bertz CT molecular complexity index is 461. The number of carboxylic acids is 1. The van der Waals surface area contributed by atoms with Crippen molar-refractivity contribution in [2.75, 3.05) is 20.6 Å². The fourth-order valence-corrected chi connectivity index (χ4v) is 4.79. The van der Waals surface area contributed by atoms with Crippen LogP contribution in [0, 0.1) is 0 Å². The summed E-state index contributed by atoms with van der Waals surface area (Å²) in [5.41, 5.74) is 0. The zero-order valence-corrected chi connectivity index (χ0v) is 26.8. The Morgan fingerprint density at radius 1 is 0.500 bits per heavy atom. The van der Waals surface area contributed by atoms with Crippen LogP contribution in [0.3, 0.4) is 0 Å². The maximum Gasteiger partial charge on any atom is 0.303 e. The van der Waals surface area contributed by atoms with Crippen molar-refractivity contribution in [3.8, 4) is 0 Å². The van der Waals surface area contributed by atoms with E-state index in [9.17, 15) is 4.79 Å². The van der Waals surface area contributed by atoms with Crippen LogP contribution < -0.4 is 0 Å². The third-order valence-electron chi connectivity index (χ3n) is 7.36. The number of hydrogen-bond acceptors (Lipinski definition) is 2. The molecule has 0 aliphatic rings. The van der Waals surface area contributed by atoms with Crippen molar-refractivity contribution in [1.29, 1.82) is 0 Å². The molecule has 0 aromatic heterocycles. The molecule has 38 heavy (non-hydrogen) atoms. The van der Waals surface area contributed by atoms with Gasteiger partial charge in [0.05, 0.1) is 0 Å². The number of aliphatic carboxylic acids is 1. The first-order valence-electron chi connectivity index (χ1n) is 17.1. The van der Waals surface area contributed by atoms with E-state index in [0.29, 0.717) is 6.42 Å². The highest BCUT2D eigenvalue weighted by Crippen LogP contribution is 2.13. The van der Waals surface area contributed by atoms with Crippen LogP contribution in [0.25, 0.3) is 0 Å². The Balaban J connectivity index is 0. The van der Waals surface area contributed by atoms with E-state index in [1.165, 1.54) is 161 Å². The first-order chi connectivity index (χ1) is 18.5. The van der Waals surface area contributed by atoms with Gasteiger partial charge in [-0.05, 0) is 59.2 Å². The minimum absolute atomic E-state index is 0.332. The van der Waals surface area contributed by atoms with Crippen LogP contribution in [-0.4, -0.2) is 36.6 Å². The third-order valence-corrected chi connectivity index (χ3v) is 7.36. The van der Waals surface area contributed by atoms with Crippen molar-refractivity contribution in [2.24, 2.45) is 0 Å². The third kappa shape index (κ3) is 42.3. The molecular weight excluding hydrogens is 466 g/mol. The molecule has 228 valence electrons. The van der Waals surface area contributed by atoms with Gasteiger partial charge in [-0.3, -0.25) is 4.79 Å². The van der Waals surface area contributed by atoms with E-state index in [1.54, 1.807) is 0 Å². The first-order valence-corrected chi connectivity index (χ1v) is 17.1. The van der Waals surface area contributed by atoms with Gasteiger partial charge in [0.2, 0.25) is 0 Å². The van der Waals surface area contributed by atoms with Crippen LogP contribution in [-0.2, 0) is 4.79 Å². The van der Waals surface area contributed by atoms with Crippen molar-refractivity contribution in [3.05, 3.63) is 12.2 Å². The van der Waals surface area contributed by atoms with Gasteiger partial charge >= 0.3 is 5.97 Å². The Labute approximate surface area is 240 Å². The van der Waals surface area contributed by atoms with E-state index in [1.807, 2.05) is 0 Å². The van der Waals surface area contributed by atoms with Gasteiger partial charge in [-0.2, -0.15) is 0 Å². The average molecular weight is 538 g/mol. The molecule has 0 saturated heterocycles. The van der Waals surface area contributed by atoms with Gasteiger partial charge in [0, 0.05) is 6.42 Å². The summed E-state index contributed by atoms with van der Waals surface area (Å²) in [6.07, 6.45) is 40.1. The van der Waals surface area contributed by atoms with Crippen LogP contribution in [0.1, 0.15) is 187 Å². The van der Waals surface area contributed by atoms with Gasteiger partial charge in [-0.1, -0.05) is 154 Å². The quantitative estimate of drug-likeness (QED) is 0.0761. The van der Waals surface area contributed by atoms with Gasteiger partial charge in [0.25, 0.3) is 0 Å². The van der Waals surface area contributed by atoms with Crippen LogP contribution in [0.4, 0.5) is 0 Å². The first kappa shape index (κ1) is 39.3. The number of rotatable bonds is 29. The lowest BCUT2D eigenvalue weighted by atomic mass is 10.0. The maximum absolute atomic E-state index is 10.3. The lowest BCUT2D eigenvalue weighted by Gasteiger charge is -2.08. The van der Waals surface area contributed by atoms with Crippen molar-refractivity contribution in [2.45, 2.75) is 187 Å². The highest BCUT2D eigenvalue weighted by atomic mass is 16.4. The molecule has 0 aromatic carbocycles. The zero-order chi connectivity index (χ0) is 28.4. The van der Waals surface area contributed by atoms with Crippen LogP contribution in [0.15, 0.2) is 12.2 Å². The molecule has 0 amide bonds. The normalized spacial score (nSPS) is 11.3. The maximum atomic E-state index is 10.3.